The van der Waals surface area contributed by atoms with Crippen molar-refractivity contribution in [3.63, 3.8) is 0 Å². The van der Waals surface area contributed by atoms with Gasteiger partial charge in [-0.05, 0) is 18.8 Å². The van der Waals surface area contributed by atoms with Crippen molar-refractivity contribution in [1.29, 1.82) is 0 Å². The molecule has 0 amide bonds. The lowest BCUT2D eigenvalue weighted by Crippen LogP contribution is -2.05. The lowest BCUT2D eigenvalue weighted by Gasteiger charge is -2.06. The van der Waals surface area contributed by atoms with Crippen LogP contribution in [-0.2, 0) is 0 Å². The highest BCUT2D eigenvalue weighted by Gasteiger charge is 2.04. The fourth-order valence-electron chi connectivity index (χ4n) is 1.19. The van der Waals surface area contributed by atoms with Gasteiger partial charge in [0, 0.05) is 13.6 Å². The number of rotatable bonds is 6. The molecule has 1 aromatic rings. The number of nitrogens with one attached hydrogen (secondary N) is 2. The molecule has 0 spiro atoms. The van der Waals surface area contributed by atoms with Crippen LogP contribution in [0.1, 0.15) is 26.7 Å². The van der Waals surface area contributed by atoms with Crippen LogP contribution < -0.4 is 10.6 Å². The number of hydrogen-bond donors (Lipinski definition) is 2. The Morgan fingerprint density at radius 3 is 2.64 bits per heavy atom. The van der Waals surface area contributed by atoms with E-state index >= 15 is 0 Å². The van der Waals surface area contributed by atoms with Crippen molar-refractivity contribution < 1.29 is 0 Å². The fraction of sp³-hybridized carbons (Fsp3) is 0.778. The van der Waals surface area contributed by atoms with E-state index in [1.54, 1.807) is 0 Å². The molecule has 0 saturated carbocycles. The zero-order valence-electron chi connectivity index (χ0n) is 9.00. The summed E-state index contributed by atoms with van der Waals surface area (Å²) in [5.74, 6) is 2.50. The number of anilines is 2. The van der Waals surface area contributed by atoms with Gasteiger partial charge < -0.3 is 10.6 Å². The smallest absolute Gasteiger partial charge is 0.184 e. The molecule has 0 bridgehead atoms. The van der Waals surface area contributed by atoms with Gasteiger partial charge in [0.15, 0.2) is 11.6 Å². The van der Waals surface area contributed by atoms with Gasteiger partial charge in [-0.1, -0.05) is 13.8 Å². The maximum atomic E-state index is 4.16. The zero-order chi connectivity index (χ0) is 10.4. The van der Waals surface area contributed by atoms with Crippen molar-refractivity contribution in [3.05, 3.63) is 0 Å². The minimum absolute atomic E-state index is 0.772. The highest BCUT2D eigenvalue weighted by Crippen LogP contribution is 2.17. The van der Waals surface area contributed by atoms with Crippen LogP contribution in [0.4, 0.5) is 11.6 Å². The van der Waals surface area contributed by atoms with E-state index in [1.165, 1.54) is 24.6 Å². The lowest BCUT2D eigenvalue weighted by molar-refractivity contribution is 0.567. The molecule has 80 valence electrons. The minimum Gasteiger partial charge on any atom is -0.369 e. The van der Waals surface area contributed by atoms with Gasteiger partial charge in [0.05, 0.1) is 11.7 Å². The summed E-state index contributed by atoms with van der Waals surface area (Å²) < 4.78 is 8.27. The molecule has 14 heavy (non-hydrogen) atoms. The molecular formula is C9H18N4S. The molecular weight excluding hydrogens is 196 g/mol. The molecule has 1 rings (SSSR count). The predicted octanol–water partition coefficient (Wildman–Crippen LogP) is 2.43. The average Bonchev–Trinajstić information content (AvgIpc) is 2.59. The normalized spacial score (nSPS) is 10.6. The summed E-state index contributed by atoms with van der Waals surface area (Å²) in [6, 6.07) is 0. The Bertz CT molecular complexity index is 259. The second-order valence-electron chi connectivity index (χ2n) is 3.67. The maximum Gasteiger partial charge on any atom is 0.184 e. The fourth-order valence-corrected chi connectivity index (χ4v) is 1.72. The molecule has 5 heteroatoms. The van der Waals surface area contributed by atoms with E-state index in [4.69, 9.17) is 0 Å². The van der Waals surface area contributed by atoms with E-state index in [-0.39, 0.29) is 0 Å². The average molecular weight is 214 g/mol. The third kappa shape index (κ3) is 3.49. The molecule has 0 saturated heterocycles. The molecule has 0 radical (unpaired) electrons. The first-order chi connectivity index (χ1) is 6.74. The summed E-state index contributed by atoms with van der Waals surface area (Å²) in [4.78, 5) is 0. The van der Waals surface area contributed by atoms with Gasteiger partial charge in [0.2, 0.25) is 0 Å². The quantitative estimate of drug-likeness (QED) is 0.714. The highest BCUT2D eigenvalue weighted by molar-refractivity contribution is 6.99. The summed E-state index contributed by atoms with van der Waals surface area (Å²) in [5, 5.41) is 6.27. The molecule has 0 fully saturated rings. The molecule has 0 unspecified atom stereocenters. The third-order valence-corrected chi connectivity index (χ3v) is 2.50. The Morgan fingerprint density at radius 1 is 1.29 bits per heavy atom. The van der Waals surface area contributed by atoms with E-state index in [0.717, 1.165) is 24.1 Å². The summed E-state index contributed by atoms with van der Waals surface area (Å²) in [5.41, 5.74) is 0. The third-order valence-electron chi connectivity index (χ3n) is 1.98. The van der Waals surface area contributed by atoms with Crippen LogP contribution >= 0.6 is 11.7 Å². The second kappa shape index (κ2) is 5.80. The lowest BCUT2D eigenvalue weighted by atomic mass is 10.1. The topological polar surface area (TPSA) is 49.8 Å². The van der Waals surface area contributed by atoms with Crippen molar-refractivity contribution in [1.82, 2.24) is 8.75 Å². The van der Waals surface area contributed by atoms with Crippen molar-refractivity contribution in [2.45, 2.75) is 26.7 Å². The molecule has 0 aliphatic heterocycles. The summed E-state index contributed by atoms with van der Waals surface area (Å²) in [7, 11) is 1.86. The van der Waals surface area contributed by atoms with E-state index in [0.29, 0.717) is 0 Å². The Hall–Kier alpha value is -0.840. The summed E-state index contributed by atoms with van der Waals surface area (Å²) in [6.07, 6.45) is 2.43. The molecule has 0 aromatic carbocycles. The van der Waals surface area contributed by atoms with Crippen molar-refractivity contribution in [3.8, 4) is 0 Å². The van der Waals surface area contributed by atoms with Crippen LogP contribution in [0.3, 0.4) is 0 Å². The van der Waals surface area contributed by atoms with E-state index in [1.807, 2.05) is 7.05 Å². The SMILES string of the molecule is CNc1nsnc1NCCCC(C)C. The van der Waals surface area contributed by atoms with Crippen LogP contribution in [0, 0.1) is 5.92 Å². The van der Waals surface area contributed by atoms with E-state index in [2.05, 4.69) is 33.2 Å². The van der Waals surface area contributed by atoms with Gasteiger partial charge in [-0.15, -0.1) is 0 Å². The highest BCUT2D eigenvalue weighted by atomic mass is 32.1. The summed E-state index contributed by atoms with van der Waals surface area (Å²) >= 11 is 1.23. The van der Waals surface area contributed by atoms with Gasteiger partial charge in [0.25, 0.3) is 0 Å². The van der Waals surface area contributed by atoms with Crippen LogP contribution in [0.5, 0.6) is 0 Å². The second-order valence-corrected chi connectivity index (χ2v) is 4.20. The van der Waals surface area contributed by atoms with Gasteiger partial charge >= 0.3 is 0 Å². The van der Waals surface area contributed by atoms with E-state index in [9.17, 15) is 0 Å². The zero-order valence-corrected chi connectivity index (χ0v) is 9.82. The van der Waals surface area contributed by atoms with Crippen molar-refractivity contribution >= 4 is 23.4 Å². The largest absolute Gasteiger partial charge is 0.369 e. The number of aromatic nitrogens is 2. The minimum atomic E-state index is 0.772. The predicted molar refractivity (Wildman–Crippen MR) is 62.0 cm³/mol. The molecule has 0 aliphatic carbocycles. The number of nitrogens with zero attached hydrogens (tertiary/aromatic N) is 2. The summed E-state index contributed by atoms with van der Waals surface area (Å²) in [6.45, 7) is 5.45. The van der Waals surface area contributed by atoms with Gasteiger partial charge in [-0.2, -0.15) is 8.75 Å². The van der Waals surface area contributed by atoms with Gasteiger partial charge in [0.1, 0.15) is 0 Å². The molecule has 4 nitrogen and oxygen atoms in total. The molecule has 0 atom stereocenters. The maximum absolute atomic E-state index is 4.16. The molecule has 1 aromatic heterocycles. The van der Waals surface area contributed by atoms with Gasteiger partial charge in [-0.3, -0.25) is 0 Å². The van der Waals surface area contributed by atoms with Crippen LogP contribution in [0.2, 0.25) is 0 Å². The molecule has 0 aliphatic rings. The van der Waals surface area contributed by atoms with Crippen molar-refractivity contribution in [2.24, 2.45) is 5.92 Å². The van der Waals surface area contributed by atoms with Gasteiger partial charge in [-0.25, -0.2) is 0 Å². The standard InChI is InChI=1S/C9H18N4S/c1-7(2)5-4-6-11-9-8(10-3)12-14-13-9/h7H,4-6H2,1-3H3,(H,10,12)(H,11,13). The molecule has 2 N–H and O–H groups in total. The monoisotopic (exact) mass is 214 g/mol. The number of hydrogen-bond acceptors (Lipinski definition) is 5. The van der Waals surface area contributed by atoms with Crippen LogP contribution in [0.25, 0.3) is 0 Å². The first-order valence-electron chi connectivity index (χ1n) is 4.98. The Kier molecular flexibility index (Phi) is 4.65. The van der Waals surface area contributed by atoms with Crippen LogP contribution in [-0.4, -0.2) is 22.3 Å². The Labute approximate surface area is 89.4 Å². The first-order valence-corrected chi connectivity index (χ1v) is 5.71. The molecule has 1 heterocycles. The van der Waals surface area contributed by atoms with Crippen LogP contribution in [0.15, 0.2) is 0 Å². The van der Waals surface area contributed by atoms with Crippen molar-refractivity contribution in [2.75, 3.05) is 24.2 Å². The Morgan fingerprint density at radius 2 is 2.00 bits per heavy atom. The first kappa shape index (κ1) is 11.2. The Balaban J connectivity index is 2.24. The van der Waals surface area contributed by atoms with E-state index < -0.39 is 0 Å².